The Balaban J connectivity index is 1.74. The number of Topliss-reactive ketones (excluding diaryl/α,β-unsaturated/α-hetero) is 1. The zero-order valence-electron chi connectivity index (χ0n) is 16.2. The predicted octanol–water partition coefficient (Wildman–Crippen LogP) is 2.21. The third kappa shape index (κ3) is 2.35. The normalized spacial score (nSPS) is 30.7. The molecule has 1 aliphatic heterocycles. The molecule has 4 aliphatic rings. The van der Waals surface area contributed by atoms with Crippen molar-refractivity contribution in [3.8, 4) is 5.75 Å². The fourth-order valence-electron chi connectivity index (χ4n) is 5.43. The minimum atomic E-state index is -0.792. The van der Waals surface area contributed by atoms with E-state index in [-0.39, 0.29) is 35.2 Å². The van der Waals surface area contributed by atoms with E-state index in [1.165, 1.54) is 12.1 Å². The SMILES string of the molecule is CC1=CC(=O)C2=C(C1=O)[C@@H](c1ccccc1O)C1=CC[C@@H]3C(=O)N(O)C(=O)[C@@H]3[C@@H]1C2. The lowest BCUT2D eigenvalue weighted by atomic mass is 9.59. The maximum Gasteiger partial charge on any atom is 0.257 e. The van der Waals surface area contributed by atoms with Crippen LogP contribution in [-0.2, 0) is 19.2 Å². The van der Waals surface area contributed by atoms with Gasteiger partial charge in [-0.3, -0.25) is 24.4 Å². The summed E-state index contributed by atoms with van der Waals surface area (Å²) >= 11 is 0. The summed E-state index contributed by atoms with van der Waals surface area (Å²) in [6, 6.07) is 6.62. The van der Waals surface area contributed by atoms with Gasteiger partial charge in [-0.25, -0.2) is 0 Å². The van der Waals surface area contributed by atoms with Crippen molar-refractivity contribution >= 4 is 23.4 Å². The van der Waals surface area contributed by atoms with Crippen LogP contribution in [0.15, 0.2) is 58.7 Å². The summed E-state index contributed by atoms with van der Waals surface area (Å²) in [7, 11) is 0. The van der Waals surface area contributed by atoms with Crippen molar-refractivity contribution in [1.82, 2.24) is 5.06 Å². The Bertz CT molecular complexity index is 1140. The van der Waals surface area contributed by atoms with E-state index in [9.17, 15) is 29.5 Å². The largest absolute Gasteiger partial charge is 0.508 e. The highest BCUT2D eigenvalue weighted by atomic mass is 16.5. The molecule has 4 atom stereocenters. The number of carbonyl (C=O) groups excluding carboxylic acids is 4. The maximum atomic E-state index is 13.1. The number of allylic oxidation sites excluding steroid dienone is 6. The molecular formula is C23H19NO6. The van der Waals surface area contributed by atoms with Gasteiger partial charge < -0.3 is 5.11 Å². The fraction of sp³-hybridized carbons (Fsp3) is 0.304. The molecule has 1 aromatic carbocycles. The maximum absolute atomic E-state index is 13.1. The van der Waals surface area contributed by atoms with E-state index >= 15 is 0 Å². The molecule has 3 aliphatic carbocycles. The zero-order valence-corrected chi connectivity index (χ0v) is 16.2. The lowest BCUT2D eigenvalue weighted by molar-refractivity contribution is -0.173. The average molecular weight is 405 g/mol. The molecule has 2 amide bonds. The van der Waals surface area contributed by atoms with Crippen LogP contribution in [0.5, 0.6) is 5.75 Å². The molecule has 0 spiro atoms. The van der Waals surface area contributed by atoms with E-state index in [0.717, 1.165) is 5.57 Å². The van der Waals surface area contributed by atoms with Gasteiger partial charge in [0.25, 0.3) is 11.8 Å². The van der Waals surface area contributed by atoms with Crippen LogP contribution in [0.4, 0.5) is 0 Å². The molecule has 5 rings (SSSR count). The van der Waals surface area contributed by atoms with Gasteiger partial charge in [0.2, 0.25) is 0 Å². The van der Waals surface area contributed by atoms with Crippen LogP contribution in [0, 0.1) is 17.8 Å². The Morgan fingerprint density at radius 2 is 1.77 bits per heavy atom. The van der Waals surface area contributed by atoms with Crippen LogP contribution in [-0.4, -0.2) is 38.8 Å². The summed E-state index contributed by atoms with van der Waals surface area (Å²) in [6.07, 6.45) is 3.54. The van der Waals surface area contributed by atoms with Crippen LogP contribution in [0.3, 0.4) is 0 Å². The standard InChI is InChI=1S/C23H19NO6/c1-10-8-17(26)15-9-14-11(6-7-13-19(14)23(29)24(30)22(13)28)18(20(15)21(10)27)12-4-2-3-5-16(12)25/h2-6,8,13-14,18-19,25,30H,7,9H2,1H3/t13-,14+,18+,19-/m0/s1. The van der Waals surface area contributed by atoms with Crippen molar-refractivity contribution in [2.45, 2.75) is 25.7 Å². The van der Waals surface area contributed by atoms with Gasteiger partial charge in [0.1, 0.15) is 5.75 Å². The number of benzene rings is 1. The minimum absolute atomic E-state index is 0.0110. The van der Waals surface area contributed by atoms with Crippen LogP contribution in [0.1, 0.15) is 31.2 Å². The number of hydrogen-bond donors (Lipinski definition) is 2. The lowest BCUT2D eigenvalue weighted by Crippen LogP contribution is -2.39. The Hall–Kier alpha value is -3.32. The highest BCUT2D eigenvalue weighted by Crippen LogP contribution is 2.55. The Morgan fingerprint density at radius 1 is 1.03 bits per heavy atom. The molecule has 1 heterocycles. The third-order valence-electron chi connectivity index (χ3n) is 6.79. The number of para-hydroxylation sites is 1. The molecule has 7 heteroatoms. The number of fused-ring (bicyclic) bond motifs is 3. The van der Waals surface area contributed by atoms with E-state index in [1.54, 1.807) is 25.1 Å². The first-order chi connectivity index (χ1) is 14.3. The smallest absolute Gasteiger partial charge is 0.257 e. The van der Waals surface area contributed by atoms with Gasteiger partial charge in [0.05, 0.1) is 11.8 Å². The van der Waals surface area contributed by atoms with Crippen LogP contribution < -0.4 is 0 Å². The van der Waals surface area contributed by atoms with Gasteiger partial charge >= 0.3 is 0 Å². The summed E-state index contributed by atoms with van der Waals surface area (Å²) in [6.45, 7) is 1.59. The molecule has 0 bridgehead atoms. The van der Waals surface area contributed by atoms with Crippen molar-refractivity contribution in [3.63, 3.8) is 0 Å². The van der Waals surface area contributed by atoms with Gasteiger partial charge in [-0.15, -0.1) is 0 Å². The fourth-order valence-corrected chi connectivity index (χ4v) is 5.43. The van der Waals surface area contributed by atoms with Crippen LogP contribution in [0.2, 0.25) is 0 Å². The summed E-state index contributed by atoms with van der Waals surface area (Å²) in [5.74, 6) is -4.54. The van der Waals surface area contributed by atoms with Crippen LogP contribution >= 0.6 is 0 Å². The number of carbonyl (C=O) groups is 4. The Morgan fingerprint density at radius 3 is 2.50 bits per heavy atom. The molecule has 1 fully saturated rings. The molecule has 0 saturated carbocycles. The molecule has 0 radical (unpaired) electrons. The lowest BCUT2D eigenvalue weighted by Gasteiger charge is -2.42. The Kier molecular flexibility index (Phi) is 3.95. The van der Waals surface area contributed by atoms with E-state index in [4.69, 9.17) is 0 Å². The summed E-state index contributed by atoms with van der Waals surface area (Å²) in [4.78, 5) is 50.9. The number of hydroxylamine groups is 2. The van der Waals surface area contributed by atoms with Gasteiger partial charge in [-0.2, -0.15) is 5.06 Å². The number of imide groups is 1. The number of phenols is 1. The second-order valence-electron chi connectivity index (χ2n) is 8.28. The van der Waals surface area contributed by atoms with Crippen molar-refractivity contribution in [2.75, 3.05) is 0 Å². The van der Waals surface area contributed by atoms with Crippen LogP contribution in [0.25, 0.3) is 0 Å². The average Bonchev–Trinajstić information content (AvgIpc) is 2.95. The number of aromatic hydroxyl groups is 1. The quantitative estimate of drug-likeness (QED) is 0.321. The molecule has 1 aromatic rings. The van der Waals surface area contributed by atoms with Gasteiger partial charge in [-0.1, -0.05) is 29.8 Å². The summed E-state index contributed by atoms with van der Waals surface area (Å²) < 4.78 is 0. The predicted molar refractivity (Wildman–Crippen MR) is 103 cm³/mol. The van der Waals surface area contributed by atoms with Gasteiger partial charge in [-0.05, 0) is 37.8 Å². The Labute approximate surface area is 171 Å². The van der Waals surface area contributed by atoms with E-state index in [1.807, 2.05) is 6.08 Å². The minimum Gasteiger partial charge on any atom is -0.508 e. The van der Waals surface area contributed by atoms with Crippen molar-refractivity contribution in [1.29, 1.82) is 0 Å². The van der Waals surface area contributed by atoms with E-state index in [0.29, 0.717) is 22.3 Å². The number of ketones is 2. The first kappa shape index (κ1) is 18.7. The first-order valence-electron chi connectivity index (χ1n) is 9.86. The summed E-state index contributed by atoms with van der Waals surface area (Å²) in [5.41, 5.74) is 2.20. The van der Waals surface area contributed by atoms with Crippen molar-refractivity contribution in [2.24, 2.45) is 17.8 Å². The highest BCUT2D eigenvalue weighted by Gasteiger charge is 2.56. The summed E-state index contributed by atoms with van der Waals surface area (Å²) in [5, 5.41) is 20.6. The molecule has 152 valence electrons. The second-order valence-corrected chi connectivity index (χ2v) is 8.28. The third-order valence-corrected chi connectivity index (χ3v) is 6.79. The zero-order chi connectivity index (χ0) is 21.3. The number of phenolic OH excluding ortho intramolecular Hbond substituents is 1. The van der Waals surface area contributed by atoms with E-state index in [2.05, 4.69) is 0 Å². The second kappa shape index (κ2) is 6.34. The number of nitrogens with zero attached hydrogens (tertiary/aromatic N) is 1. The number of rotatable bonds is 1. The van der Waals surface area contributed by atoms with Crippen molar-refractivity contribution in [3.05, 3.63) is 64.3 Å². The van der Waals surface area contributed by atoms with Gasteiger partial charge in [0, 0.05) is 28.2 Å². The number of hydrogen-bond acceptors (Lipinski definition) is 6. The molecule has 7 nitrogen and oxygen atoms in total. The molecule has 2 N–H and O–H groups in total. The molecule has 0 unspecified atom stereocenters. The van der Waals surface area contributed by atoms with Gasteiger partial charge in [0.15, 0.2) is 11.6 Å². The first-order valence-corrected chi connectivity index (χ1v) is 9.86. The number of amides is 2. The molecule has 1 saturated heterocycles. The highest BCUT2D eigenvalue weighted by molar-refractivity contribution is 6.23. The van der Waals surface area contributed by atoms with E-state index < -0.39 is 35.5 Å². The topological polar surface area (TPSA) is 112 Å². The molecular weight excluding hydrogens is 386 g/mol. The van der Waals surface area contributed by atoms with Crippen molar-refractivity contribution < 1.29 is 29.5 Å². The monoisotopic (exact) mass is 405 g/mol. The molecule has 30 heavy (non-hydrogen) atoms. The molecule has 0 aromatic heterocycles.